The Kier molecular flexibility index (Phi) is 14.0. The number of nitrogens with two attached hydrogens (primary N) is 1. The largest absolute Gasteiger partial charge is 0.452 e. The highest BCUT2D eigenvalue weighted by Gasteiger charge is 2.37. The minimum Gasteiger partial charge on any atom is -0.452 e. The summed E-state index contributed by atoms with van der Waals surface area (Å²) in [6, 6.07) is 23.2. The maximum absolute atomic E-state index is 13.4. The van der Waals surface area contributed by atoms with Crippen molar-refractivity contribution in [3.05, 3.63) is 108 Å². The van der Waals surface area contributed by atoms with E-state index in [2.05, 4.69) is 10.6 Å². The number of hydrogen-bond donors (Lipinski definition) is 7. The van der Waals surface area contributed by atoms with E-state index in [0.717, 1.165) is 11.1 Å². The van der Waals surface area contributed by atoms with Crippen LogP contribution in [0.5, 0.6) is 0 Å². The van der Waals surface area contributed by atoms with Gasteiger partial charge in [0.05, 0.1) is 37.3 Å². The Balaban J connectivity index is 1.70. The van der Waals surface area contributed by atoms with E-state index in [0.29, 0.717) is 5.56 Å². The number of carbonyl (C=O) groups is 3. The molecule has 2 amide bonds. The van der Waals surface area contributed by atoms with Gasteiger partial charge in [-0.1, -0.05) is 91.0 Å². The second-order valence-electron chi connectivity index (χ2n) is 12.1. The van der Waals surface area contributed by atoms with Crippen LogP contribution in [0.2, 0.25) is 0 Å². The molecule has 3 aromatic carbocycles. The minimum atomic E-state index is -2.21. The van der Waals surface area contributed by atoms with Crippen molar-refractivity contribution in [1.29, 1.82) is 0 Å². The third-order valence-electron chi connectivity index (χ3n) is 7.25. The Morgan fingerprint density at radius 3 is 1.70 bits per heavy atom. The number of aliphatic hydroxyl groups is 4. The summed E-state index contributed by atoms with van der Waals surface area (Å²) in [6.07, 6.45) is -7.38. The molecule has 0 saturated heterocycles. The molecule has 0 aliphatic carbocycles. The highest BCUT2D eigenvalue weighted by atomic mass is 16.5. The number of carbonyl (C=O) groups excluding carboxylic acids is 3. The summed E-state index contributed by atoms with van der Waals surface area (Å²) < 4.78 is 11.4. The third-order valence-corrected chi connectivity index (χ3v) is 7.25. The number of aliphatic hydroxyl groups excluding tert-OH is 4. The lowest BCUT2D eigenvalue weighted by Crippen LogP contribution is -2.59. The lowest BCUT2D eigenvalue weighted by Gasteiger charge is -2.30. The fraction of sp³-hybridized carbons (Fsp3) is 0.400. The van der Waals surface area contributed by atoms with Crippen molar-refractivity contribution in [3.8, 4) is 0 Å². The Labute approximate surface area is 274 Å². The lowest BCUT2D eigenvalue weighted by atomic mass is 9.98. The van der Waals surface area contributed by atoms with Crippen molar-refractivity contribution in [2.75, 3.05) is 13.2 Å². The molecule has 3 aromatic rings. The molecule has 12 nitrogen and oxygen atoms in total. The molecule has 12 heteroatoms. The summed E-state index contributed by atoms with van der Waals surface area (Å²) in [5.74, 6) is -2.55. The van der Waals surface area contributed by atoms with Crippen molar-refractivity contribution in [2.45, 2.75) is 75.3 Å². The second kappa shape index (κ2) is 17.7. The summed E-state index contributed by atoms with van der Waals surface area (Å²) in [5, 5.41) is 46.7. The first-order valence-electron chi connectivity index (χ1n) is 15.3. The molecule has 0 aromatic heterocycles. The topological polar surface area (TPSA) is 201 Å². The Morgan fingerprint density at radius 1 is 0.745 bits per heavy atom. The molecule has 0 aliphatic heterocycles. The van der Waals surface area contributed by atoms with E-state index in [1.54, 1.807) is 51.1 Å². The van der Waals surface area contributed by atoms with E-state index in [1.165, 1.54) is 0 Å². The van der Waals surface area contributed by atoms with Gasteiger partial charge in [0.15, 0.2) is 12.2 Å². The molecule has 6 atom stereocenters. The van der Waals surface area contributed by atoms with E-state index >= 15 is 0 Å². The normalized spacial score (nSPS) is 15.5. The number of rotatable bonds is 16. The molecule has 3 rings (SSSR count). The highest BCUT2D eigenvalue weighted by Crippen LogP contribution is 2.28. The first kappa shape index (κ1) is 37.3. The minimum absolute atomic E-state index is 0.155. The summed E-state index contributed by atoms with van der Waals surface area (Å²) in [4.78, 5) is 39.0. The molecular weight excluding hydrogens is 606 g/mol. The van der Waals surface area contributed by atoms with Crippen LogP contribution in [-0.4, -0.2) is 87.4 Å². The van der Waals surface area contributed by atoms with Crippen molar-refractivity contribution in [3.63, 3.8) is 0 Å². The second-order valence-corrected chi connectivity index (χ2v) is 12.1. The molecule has 0 heterocycles. The van der Waals surface area contributed by atoms with Crippen LogP contribution < -0.4 is 16.4 Å². The highest BCUT2D eigenvalue weighted by molar-refractivity contribution is 5.83. The van der Waals surface area contributed by atoms with Gasteiger partial charge in [-0.2, -0.15) is 0 Å². The molecule has 0 radical (unpaired) electrons. The number of hydrogen-bond acceptors (Lipinski definition) is 10. The summed E-state index contributed by atoms with van der Waals surface area (Å²) in [6.45, 7) is 4.33. The maximum Gasteiger partial charge on any atom is 0.309 e. The van der Waals surface area contributed by atoms with Gasteiger partial charge in [0, 0.05) is 0 Å². The number of benzene rings is 3. The average Bonchev–Trinajstić information content (AvgIpc) is 3.07. The number of nitrogens with one attached hydrogen (secondary N) is 2. The van der Waals surface area contributed by atoms with Crippen molar-refractivity contribution >= 4 is 17.8 Å². The number of ether oxygens (including phenoxy) is 2. The van der Waals surface area contributed by atoms with Crippen molar-refractivity contribution in [1.82, 2.24) is 10.6 Å². The average molecular weight is 652 g/mol. The Hall–Kier alpha value is -4.17. The van der Waals surface area contributed by atoms with Crippen LogP contribution >= 0.6 is 0 Å². The molecule has 0 bridgehead atoms. The fourth-order valence-electron chi connectivity index (χ4n) is 4.65. The molecule has 0 saturated carbocycles. The van der Waals surface area contributed by atoms with Crippen LogP contribution in [0.25, 0.3) is 0 Å². The standard InChI is InChI=1S/C35H45N3O9/c1-35(2,3)46-21-25(36)33(44)38-27(20-39)29(41)30(42)31(43)34(45)37-26(22-13-7-4-8-14-22)19-28(40)47-32(23-15-9-5-10-16-23)24-17-11-6-12-18-24/h4-18,25-27,29-32,39,41-43H,19-21,36H2,1-3H3,(H,37,45)(H,38,44). The molecule has 8 N–H and O–H groups in total. The van der Waals surface area contributed by atoms with E-state index in [-0.39, 0.29) is 13.0 Å². The van der Waals surface area contributed by atoms with Gasteiger partial charge in [-0.3, -0.25) is 14.4 Å². The van der Waals surface area contributed by atoms with Gasteiger partial charge in [0.2, 0.25) is 5.91 Å². The lowest BCUT2D eigenvalue weighted by molar-refractivity contribution is -0.149. The molecule has 0 fully saturated rings. The first-order chi connectivity index (χ1) is 22.3. The molecule has 254 valence electrons. The van der Waals surface area contributed by atoms with E-state index in [1.807, 2.05) is 60.7 Å². The quantitative estimate of drug-likeness (QED) is 0.111. The zero-order chi connectivity index (χ0) is 34.6. The number of amides is 2. The SMILES string of the molecule is CC(C)(C)OCC(N)C(=O)NC(CO)C(O)C(O)C(O)C(=O)NC(CC(=O)OC(c1ccccc1)c1ccccc1)c1ccccc1. The number of esters is 1. The van der Waals surface area contributed by atoms with Crippen LogP contribution in [0.15, 0.2) is 91.0 Å². The molecule has 0 aliphatic rings. The van der Waals surface area contributed by atoms with Gasteiger partial charge >= 0.3 is 5.97 Å². The van der Waals surface area contributed by atoms with Gasteiger partial charge in [0.1, 0.15) is 18.2 Å². The van der Waals surface area contributed by atoms with Gasteiger partial charge < -0.3 is 46.3 Å². The molecule has 0 spiro atoms. The Morgan fingerprint density at radius 2 is 1.23 bits per heavy atom. The smallest absolute Gasteiger partial charge is 0.309 e. The predicted molar refractivity (Wildman–Crippen MR) is 173 cm³/mol. The van der Waals surface area contributed by atoms with Crippen LogP contribution in [0.1, 0.15) is 56.0 Å². The van der Waals surface area contributed by atoms with Crippen LogP contribution in [0.3, 0.4) is 0 Å². The summed E-state index contributed by atoms with van der Waals surface area (Å²) >= 11 is 0. The van der Waals surface area contributed by atoms with Crippen molar-refractivity contribution in [2.24, 2.45) is 5.73 Å². The van der Waals surface area contributed by atoms with Gasteiger partial charge in [-0.15, -0.1) is 0 Å². The first-order valence-corrected chi connectivity index (χ1v) is 15.3. The molecule has 6 unspecified atom stereocenters. The monoisotopic (exact) mass is 651 g/mol. The summed E-state index contributed by atoms with van der Waals surface area (Å²) in [7, 11) is 0. The van der Waals surface area contributed by atoms with E-state index in [4.69, 9.17) is 15.2 Å². The van der Waals surface area contributed by atoms with Crippen LogP contribution in [-0.2, 0) is 23.9 Å². The molecule has 47 heavy (non-hydrogen) atoms. The van der Waals surface area contributed by atoms with Crippen molar-refractivity contribution < 1.29 is 44.3 Å². The van der Waals surface area contributed by atoms with E-state index < -0.39 is 72.5 Å². The Bertz CT molecular complexity index is 1360. The van der Waals surface area contributed by atoms with Crippen LogP contribution in [0.4, 0.5) is 0 Å². The fourth-order valence-corrected chi connectivity index (χ4v) is 4.65. The zero-order valence-corrected chi connectivity index (χ0v) is 26.7. The third kappa shape index (κ3) is 11.5. The van der Waals surface area contributed by atoms with Gasteiger partial charge in [-0.25, -0.2) is 0 Å². The van der Waals surface area contributed by atoms with E-state index in [9.17, 15) is 34.8 Å². The summed E-state index contributed by atoms with van der Waals surface area (Å²) in [5.41, 5.74) is 7.28. The predicted octanol–water partition coefficient (Wildman–Crippen LogP) is 1.27. The van der Waals surface area contributed by atoms with Gasteiger partial charge in [-0.05, 0) is 37.5 Å². The van der Waals surface area contributed by atoms with Gasteiger partial charge in [0.25, 0.3) is 5.91 Å². The zero-order valence-electron chi connectivity index (χ0n) is 26.7. The molecular formula is C35H45N3O9. The maximum atomic E-state index is 13.4. The van der Waals surface area contributed by atoms with Crippen LogP contribution in [0, 0.1) is 0 Å².